The molecule has 0 saturated carbocycles. The Labute approximate surface area is 148 Å². The molecule has 0 N–H and O–H groups in total. The number of alkyl halides is 1. The summed E-state index contributed by atoms with van der Waals surface area (Å²) in [5.41, 5.74) is 0. The van der Waals surface area contributed by atoms with Gasteiger partial charge in [-0.1, -0.05) is 60.7 Å². The number of hydrogen-bond acceptors (Lipinski definition) is 2. The highest BCUT2D eigenvalue weighted by molar-refractivity contribution is 9.09. The maximum Gasteiger partial charge on any atom is 0.119 e. The van der Waals surface area contributed by atoms with Crippen LogP contribution >= 0.6 is 15.9 Å². The predicted octanol–water partition coefficient (Wildman–Crippen LogP) is 6.35. The number of halogens is 1. The normalized spacial score (nSPS) is 10.9. The Balaban J connectivity index is 1.85. The highest BCUT2D eigenvalue weighted by atomic mass is 79.9. The van der Waals surface area contributed by atoms with Gasteiger partial charge in [-0.05, 0) is 47.9 Å². The van der Waals surface area contributed by atoms with Gasteiger partial charge in [0.2, 0.25) is 0 Å². The van der Waals surface area contributed by atoms with Gasteiger partial charge in [0.1, 0.15) is 11.5 Å². The van der Waals surface area contributed by atoms with Crippen LogP contribution in [0, 0.1) is 0 Å². The molecule has 2 aromatic rings. The van der Waals surface area contributed by atoms with Gasteiger partial charge in [-0.25, -0.2) is 0 Å². The van der Waals surface area contributed by atoms with Crippen LogP contribution in [0.4, 0.5) is 0 Å². The van der Waals surface area contributed by atoms with Crippen LogP contribution in [0.2, 0.25) is 0 Å². The van der Waals surface area contributed by atoms with Crippen molar-refractivity contribution in [2.24, 2.45) is 0 Å². The van der Waals surface area contributed by atoms with Gasteiger partial charge in [-0.3, -0.25) is 0 Å². The summed E-state index contributed by atoms with van der Waals surface area (Å²) in [6.07, 6.45) is 7.34. The fourth-order valence-electron chi connectivity index (χ4n) is 2.52. The molecular weight excluding hydrogens is 352 g/mol. The molecule has 0 bridgehead atoms. The molecule has 0 fully saturated rings. The molecule has 0 aliphatic carbocycles. The molecule has 0 radical (unpaired) electrons. The highest BCUT2D eigenvalue weighted by Crippen LogP contribution is 2.25. The minimum Gasteiger partial charge on any atom is -0.494 e. The maximum absolute atomic E-state index is 5.87. The molecule has 0 atom stereocenters. The first-order valence-electron chi connectivity index (χ1n) is 8.69. The molecule has 0 amide bonds. The molecule has 0 saturated heterocycles. The number of rotatable bonds is 11. The number of benzene rings is 2. The minimum atomic E-state index is 0.746. The van der Waals surface area contributed by atoms with Gasteiger partial charge in [0.15, 0.2) is 0 Å². The van der Waals surface area contributed by atoms with Crippen LogP contribution in [-0.4, -0.2) is 18.5 Å². The zero-order valence-electron chi connectivity index (χ0n) is 14.0. The summed E-state index contributed by atoms with van der Waals surface area (Å²) in [6.45, 7) is 3.79. The smallest absolute Gasteiger partial charge is 0.119 e. The number of fused-ring (bicyclic) bond motifs is 1. The van der Waals surface area contributed by atoms with Crippen molar-refractivity contribution in [2.75, 3.05) is 18.5 Å². The van der Waals surface area contributed by atoms with Crippen LogP contribution in [0.3, 0.4) is 0 Å². The van der Waals surface area contributed by atoms with Crippen LogP contribution < -0.4 is 9.47 Å². The van der Waals surface area contributed by atoms with Crippen molar-refractivity contribution in [1.29, 1.82) is 0 Å². The Bertz CT molecular complexity index is 583. The Kier molecular flexibility index (Phi) is 8.30. The molecule has 2 nitrogen and oxygen atoms in total. The summed E-state index contributed by atoms with van der Waals surface area (Å²) in [4.78, 5) is 0. The lowest BCUT2D eigenvalue weighted by molar-refractivity contribution is 0.305. The molecule has 23 heavy (non-hydrogen) atoms. The molecule has 126 valence electrons. The first kappa shape index (κ1) is 18.1. The fraction of sp³-hybridized carbons (Fsp3) is 0.500. The van der Waals surface area contributed by atoms with Crippen LogP contribution in [-0.2, 0) is 0 Å². The summed E-state index contributed by atoms with van der Waals surface area (Å²) in [5.74, 6) is 1.89. The maximum atomic E-state index is 5.87. The van der Waals surface area contributed by atoms with E-state index in [1.165, 1.54) is 36.5 Å². The first-order valence-corrected chi connectivity index (χ1v) is 9.81. The van der Waals surface area contributed by atoms with E-state index in [0.29, 0.717) is 0 Å². The molecule has 3 heteroatoms. The van der Waals surface area contributed by atoms with Crippen molar-refractivity contribution in [3.63, 3.8) is 0 Å². The van der Waals surface area contributed by atoms with Crippen molar-refractivity contribution in [3.8, 4) is 11.5 Å². The number of unbranched alkanes of at least 4 members (excludes halogenated alkanes) is 4. The quantitative estimate of drug-likeness (QED) is 0.334. The van der Waals surface area contributed by atoms with Gasteiger partial charge >= 0.3 is 0 Å². The van der Waals surface area contributed by atoms with Crippen molar-refractivity contribution in [1.82, 2.24) is 0 Å². The lowest BCUT2D eigenvalue weighted by Crippen LogP contribution is -1.98. The third kappa shape index (κ3) is 6.42. The Morgan fingerprint density at radius 3 is 1.87 bits per heavy atom. The van der Waals surface area contributed by atoms with Crippen LogP contribution in [0.25, 0.3) is 10.8 Å². The van der Waals surface area contributed by atoms with Gasteiger partial charge in [0, 0.05) is 5.33 Å². The topological polar surface area (TPSA) is 18.5 Å². The fourth-order valence-corrected chi connectivity index (χ4v) is 2.75. The van der Waals surface area contributed by atoms with E-state index in [2.05, 4.69) is 53.2 Å². The average Bonchev–Trinajstić information content (AvgIpc) is 2.58. The monoisotopic (exact) mass is 378 g/mol. The average molecular weight is 379 g/mol. The van der Waals surface area contributed by atoms with Crippen LogP contribution in [0.15, 0.2) is 36.4 Å². The zero-order chi connectivity index (χ0) is 16.3. The van der Waals surface area contributed by atoms with E-state index in [1.54, 1.807) is 0 Å². The van der Waals surface area contributed by atoms with Crippen molar-refractivity contribution < 1.29 is 9.47 Å². The van der Waals surface area contributed by atoms with Crippen molar-refractivity contribution >= 4 is 26.7 Å². The Morgan fingerprint density at radius 2 is 1.30 bits per heavy atom. The zero-order valence-corrected chi connectivity index (χ0v) is 15.6. The molecule has 0 aliphatic rings. The van der Waals surface area contributed by atoms with E-state index in [-0.39, 0.29) is 0 Å². The summed E-state index contributed by atoms with van der Waals surface area (Å²) in [6, 6.07) is 12.5. The molecule has 2 rings (SSSR count). The summed E-state index contributed by atoms with van der Waals surface area (Å²) >= 11 is 3.41. The van der Waals surface area contributed by atoms with E-state index in [0.717, 1.165) is 42.9 Å². The second-order valence-electron chi connectivity index (χ2n) is 5.82. The largest absolute Gasteiger partial charge is 0.494 e. The molecule has 0 unspecified atom stereocenters. The van der Waals surface area contributed by atoms with Gasteiger partial charge in [-0.2, -0.15) is 0 Å². The second-order valence-corrected chi connectivity index (χ2v) is 6.62. The van der Waals surface area contributed by atoms with E-state index in [9.17, 15) is 0 Å². The Morgan fingerprint density at radius 1 is 0.739 bits per heavy atom. The lowest BCUT2D eigenvalue weighted by Gasteiger charge is -2.09. The standard InChI is InChI=1S/C20H27BrO2/c1-2-3-4-5-6-13-22-19-10-8-18-16-20(23-14-7-12-21)11-9-17(18)15-19/h8-11,15-16H,2-7,12-14H2,1H3. The molecule has 0 aliphatic heterocycles. The van der Waals surface area contributed by atoms with Gasteiger partial charge in [0.05, 0.1) is 13.2 Å². The van der Waals surface area contributed by atoms with Crippen LogP contribution in [0.1, 0.15) is 45.4 Å². The number of ether oxygens (including phenoxy) is 2. The van der Waals surface area contributed by atoms with Gasteiger partial charge in [-0.15, -0.1) is 0 Å². The summed E-state index contributed by atoms with van der Waals surface area (Å²) < 4.78 is 11.6. The van der Waals surface area contributed by atoms with Gasteiger partial charge in [0.25, 0.3) is 0 Å². The summed E-state index contributed by atoms with van der Waals surface area (Å²) in [5, 5.41) is 3.36. The first-order chi connectivity index (χ1) is 11.3. The lowest BCUT2D eigenvalue weighted by atomic mass is 10.1. The van der Waals surface area contributed by atoms with Crippen LogP contribution in [0.5, 0.6) is 11.5 Å². The van der Waals surface area contributed by atoms with Crippen molar-refractivity contribution in [2.45, 2.75) is 45.4 Å². The molecule has 0 spiro atoms. The molecule has 0 aromatic heterocycles. The van der Waals surface area contributed by atoms with E-state index in [1.807, 2.05) is 6.07 Å². The van der Waals surface area contributed by atoms with Gasteiger partial charge < -0.3 is 9.47 Å². The summed E-state index contributed by atoms with van der Waals surface area (Å²) in [7, 11) is 0. The van der Waals surface area contributed by atoms with E-state index in [4.69, 9.17) is 9.47 Å². The molecular formula is C20H27BrO2. The molecule has 0 heterocycles. The van der Waals surface area contributed by atoms with E-state index >= 15 is 0 Å². The third-order valence-electron chi connectivity index (χ3n) is 3.85. The minimum absolute atomic E-state index is 0.746. The van der Waals surface area contributed by atoms with Crippen molar-refractivity contribution in [3.05, 3.63) is 36.4 Å². The number of hydrogen-bond donors (Lipinski definition) is 0. The SMILES string of the molecule is CCCCCCCOc1ccc2cc(OCCCBr)ccc2c1. The third-order valence-corrected chi connectivity index (χ3v) is 4.41. The van der Waals surface area contributed by atoms with E-state index < -0.39 is 0 Å². The highest BCUT2D eigenvalue weighted by Gasteiger charge is 2.01. The second kappa shape index (κ2) is 10.5. The Hall–Kier alpha value is -1.22. The predicted molar refractivity (Wildman–Crippen MR) is 102 cm³/mol. The molecule has 2 aromatic carbocycles.